The van der Waals surface area contributed by atoms with Crippen molar-refractivity contribution in [2.24, 2.45) is 0 Å². The van der Waals surface area contributed by atoms with Gasteiger partial charge in [-0.15, -0.1) is 0 Å². The van der Waals surface area contributed by atoms with Crippen LogP contribution >= 0.6 is 0 Å². The van der Waals surface area contributed by atoms with Crippen LogP contribution in [0.15, 0.2) is 11.6 Å². The fraction of sp³-hybridized carbons (Fsp3) is 0.692. The largest absolute Gasteiger partial charge is 0.355 e. The summed E-state index contributed by atoms with van der Waals surface area (Å²) in [4.78, 5) is 27.1. The van der Waals surface area contributed by atoms with Crippen LogP contribution in [0.3, 0.4) is 0 Å². The summed E-state index contributed by atoms with van der Waals surface area (Å²) < 4.78 is 0. The Morgan fingerprint density at radius 1 is 1.17 bits per heavy atom. The molecule has 0 atom stereocenters. The van der Waals surface area contributed by atoms with E-state index < -0.39 is 0 Å². The van der Waals surface area contributed by atoms with Gasteiger partial charge in [0.2, 0.25) is 11.8 Å². The van der Waals surface area contributed by atoms with Gasteiger partial charge < -0.3 is 10.2 Å². The van der Waals surface area contributed by atoms with Crippen LogP contribution in [0.4, 0.5) is 0 Å². The van der Waals surface area contributed by atoms with Crippen LogP contribution in [0.25, 0.3) is 0 Å². The van der Waals surface area contributed by atoms with E-state index in [1.807, 2.05) is 25.7 Å². The molecule has 0 aliphatic carbocycles. The molecule has 1 aliphatic rings. The number of carbonyl (C=O) groups excluding carboxylic acids is 2. The average molecular weight is 253 g/mol. The summed E-state index contributed by atoms with van der Waals surface area (Å²) in [6.07, 6.45) is 1.67. The van der Waals surface area contributed by atoms with Crippen LogP contribution in [-0.4, -0.2) is 60.9 Å². The number of likely N-dealkylation sites (N-methyl/N-ethyl adjacent to an activating group) is 1. The van der Waals surface area contributed by atoms with E-state index in [-0.39, 0.29) is 11.8 Å². The van der Waals surface area contributed by atoms with Crippen LogP contribution in [0, 0.1) is 0 Å². The van der Waals surface area contributed by atoms with Crippen molar-refractivity contribution in [2.45, 2.75) is 20.8 Å². The molecule has 0 aromatic carbocycles. The first kappa shape index (κ1) is 14.7. The summed E-state index contributed by atoms with van der Waals surface area (Å²) in [6, 6.07) is 0. The standard InChI is InChI=1S/C13H23N3O2/c1-4-14-12(17)10-15-5-7-16(8-6-15)13(18)9-11(2)3/h9H,4-8,10H2,1-3H3,(H,14,17). The highest BCUT2D eigenvalue weighted by atomic mass is 16.2. The second-order valence-electron chi connectivity index (χ2n) is 4.78. The highest BCUT2D eigenvalue weighted by Crippen LogP contribution is 2.03. The van der Waals surface area contributed by atoms with Crippen molar-refractivity contribution >= 4 is 11.8 Å². The first-order valence-corrected chi connectivity index (χ1v) is 6.45. The van der Waals surface area contributed by atoms with Gasteiger partial charge in [0.25, 0.3) is 0 Å². The minimum absolute atomic E-state index is 0.0570. The molecule has 2 amide bonds. The Bertz CT molecular complexity index is 327. The maximum absolute atomic E-state index is 11.8. The lowest BCUT2D eigenvalue weighted by Crippen LogP contribution is -2.50. The molecule has 1 fully saturated rings. The van der Waals surface area contributed by atoms with Crippen molar-refractivity contribution in [3.63, 3.8) is 0 Å². The molecule has 0 spiro atoms. The molecule has 102 valence electrons. The molecule has 5 heteroatoms. The number of rotatable bonds is 4. The van der Waals surface area contributed by atoms with E-state index in [4.69, 9.17) is 0 Å². The van der Waals surface area contributed by atoms with Crippen LogP contribution in [0.2, 0.25) is 0 Å². The highest BCUT2D eigenvalue weighted by molar-refractivity contribution is 5.88. The Balaban J connectivity index is 2.35. The normalized spacial score (nSPS) is 16.3. The fourth-order valence-electron chi connectivity index (χ4n) is 1.92. The molecule has 5 nitrogen and oxygen atoms in total. The Kier molecular flexibility index (Phi) is 5.85. The van der Waals surface area contributed by atoms with E-state index in [0.29, 0.717) is 26.2 Å². The summed E-state index contributed by atoms with van der Waals surface area (Å²) in [5.74, 6) is 0.134. The minimum atomic E-state index is 0.0570. The van der Waals surface area contributed by atoms with Gasteiger partial charge in [0, 0.05) is 38.8 Å². The van der Waals surface area contributed by atoms with E-state index >= 15 is 0 Å². The second kappa shape index (κ2) is 7.16. The van der Waals surface area contributed by atoms with E-state index in [2.05, 4.69) is 10.2 Å². The summed E-state index contributed by atoms with van der Waals surface area (Å²) in [5, 5.41) is 2.78. The number of amides is 2. The number of piperazine rings is 1. The Morgan fingerprint density at radius 2 is 1.78 bits per heavy atom. The van der Waals surface area contributed by atoms with E-state index in [9.17, 15) is 9.59 Å². The highest BCUT2D eigenvalue weighted by Gasteiger charge is 2.20. The van der Waals surface area contributed by atoms with Crippen molar-refractivity contribution in [3.8, 4) is 0 Å². The van der Waals surface area contributed by atoms with Gasteiger partial charge in [0.05, 0.1) is 6.54 Å². The summed E-state index contributed by atoms with van der Waals surface area (Å²) >= 11 is 0. The molecular formula is C13H23N3O2. The number of nitrogens with zero attached hydrogens (tertiary/aromatic N) is 2. The molecule has 1 saturated heterocycles. The van der Waals surface area contributed by atoms with Crippen LogP contribution in [0.5, 0.6) is 0 Å². The smallest absolute Gasteiger partial charge is 0.246 e. The lowest BCUT2D eigenvalue weighted by Gasteiger charge is -2.33. The molecule has 0 saturated carbocycles. The van der Waals surface area contributed by atoms with Gasteiger partial charge in [-0.2, -0.15) is 0 Å². The predicted octanol–water partition coefficient (Wildman–Crippen LogP) is 0.233. The number of hydrogen-bond donors (Lipinski definition) is 1. The molecule has 1 rings (SSSR count). The number of nitrogens with one attached hydrogen (secondary N) is 1. The number of hydrogen-bond acceptors (Lipinski definition) is 3. The quantitative estimate of drug-likeness (QED) is 0.730. The average Bonchev–Trinajstić information content (AvgIpc) is 2.29. The molecule has 0 radical (unpaired) electrons. The molecule has 1 aliphatic heterocycles. The van der Waals surface area contributed by atoms with Gasteiger partial charge in [-0.05, 0) is 20.8 Å². The fourth-order valence-corrected chi connectivity index (χ4v) is 1.92. The summed E-state index contributed by atoms with van der Waals surface area (Å²) in [6.45, 7) is 9.76. The summed E-state index contributed by atoms with van der Waals surface area (Å²) in [7, 11) is 0. The van der Waals surface area contributed by atoms with Gasteiger partial charge >= 0.3 is 0 Å². The zero-order valence-corrected chi connectivity index (χ0v) is 11.5. The zero-order chi connectivity index (χ0) is 13.5. The van der Waals surface area contributed by atoms with Gasteiger partial charge in [0.15, 0.2) is 0 Å². The number of allylic oxidation sites excluding steroid dienone is 1. The molecule has 0 unspecified atom stereocenters. The SMILES string of the molecule is CCNC(=O)CN1CCN(C(=O)C=C(C)C)CC1. The minimum Gasteiger partial charge on any atom is -0.355 e. The molecule has 0 bridgehead atoms. The van der Waals surface area contributed by atoms with Crippen molar-refractivity contribution in [1.29, 1.82) is 0 Å². The van der Waals surface area contributed by atoms with Gasteiger partial charge in [-0.25, -0.2) is 0 Å². The molecule has 0 aromatic rings. The molecule has 1 N–H and O–H groups in total. The lowest BCUT2D eigenvalue weighted by molar-refractivity contribution is -0.128. The Labute approximate surface area is 109 Å². The second-order valence-corrected chi connectivity index (χ2v) is 4.78. The summed E-state index contributed by atoms with van der Waals surface area (Å²) in [5.41, 5.74) is 1.02. The van der Waals surface area contributed by atoms with E-state index in [0.717, 1.165) is 18.7 Å². The number of carbonyl (C=O) groups is 2. The van der Waals surface area contributed by atoms with Gasteiger partial charge in [0.1, 0.15) is 0 Å². The Hall–Kier alpha value is -1.36. The van der Waals surface area contributed by atoms with E-state index in [1.54, 1.807) is 6.08 Å². The zero-order valence-electron chi connectivity index (χ0n) is 11.5. The predicted molar refractivity (Wildman–Crippen MR) is 71.1 cm³/mol. The maximum Gasteiger partial charge on any atom is 0.246 e. The molecule has 0 aromatic heterocycles. The third kappa shape index (κ3) is 4.87. The van der Waals surface area contributed by atoms with Crippen LogP contribution in [0.1, 0.15) is 20.8 Å². The van der Waals surface area contributed by atoms with Crippen molar-refractivity contribution < 1.29 is 9.59 Å². The lowest BCUT2D eigenvalue weighted by atomic mass is 10.2. The first-order valence-electron chi connectivity index (χ1n) is 6.45. The van der Waals surface area contributed by atoms with Gasteiger partial charge in [-0.1, -0.05) is 5.57 Å². The maximum atomic E-state index is 11.8. The molecular weight excluding hydrogens is 230 g/mol. The molecule has 1 heterocycles. The van der Waals surface area contributed by atoms with Crippen LogP contribution < -0.4 is 5.32 Å². The van der Waals surface area contributed by atoms with Gasteiger partial charge in [-0.3, -0.25) is 14.5 Å². The van der Waals surface area contributed by atoms with Crippen molar-refractivity contribution in [2.75, 3.05) is 39.3 Å². The van der Waals surface area contributed by atoms with Crippen LogP contribution in [-0.2, 0) is 9.59 Å². The molecule has 18 heavy (non-hydrogen) atoms. The van der Waals surface area contributed by atoms with Crippen molar-refractivity contribution in [3.05, 3.63) is 11.6 Å². The third-order valence-corrected chi connectivity index (χ3v) is 2.84. The van der Waals surface area contributed by atoms with Crippen molar-refractivity contribution in [1.82, 2.24) is 15.1 Å². The monoisotopic (exact) mass is 253 g/mol. The topological polar surface area (TPSA) is 52.7 Å². The first-order chi connectivity index (χ1) is 8.52. The third-order valence-electron chi connectivity index (χ3n) is 2.84. The van der Waals surface area contributed by atoms with E-state index in [1.165, 1.54) is 0 Å². The Morgan fingerprint density at radius 3 is 2.28 bits per heavy atom.